The van der Waals surface area contributed by atoms with Crippen LogP contribution in [0.25, 0.3) is 10.9 Å². The fourth-order valence-electron chi connectivity index (χ4n) is 1.65. The number of ether oxygens (including phenoxy) is 2. The molecule has 0 radical (unpaired) electrons. The summed E-state index contributed by atoms with van der Waals surface area (Å²) in [6, 6.07) is 9.35. The molecule has 1 atom stereocenters. The van der Waals surface area contributed by atoms with Gasteiger partial charge in [0.2, 0.25) is 5.44 Å². The second-order valence-electron chi connectivity index (χ2n) is 3.80. The maximum absolute atomic E-state index is 11.7. The first-order valence-corrected chi connectivity index (χ1v) is 7.24. The van der Waals surface area contributed by atoms with Crippen molar-refractivity contribution in [2.45, 2.75) is 12.4 Å². The van der Waals surface area contributed by atoms with Crippen LogP contribution in [0.4, 0.5) is 0 Å². The van der Waals surface area contributed by atoms with Crippen molar-refractivity contribution >= 4 is 28.6 Å². The Bertz CT molecular complexity index is 573. The van der Waals surface area contributed by atoms with Gasteiger partial charge in [-0.05, 0) is 37.4 Å². The molecule has 0 aliphatic carbocycles. The van der Waals surface area contributed by atoms with E-state index in [1.165, 1.54) is 11.8 Å². The topological polar surface area (TPSA) is 48.4 Å². The number of pyridine rings is 1. The first-order valence-electron chi connectivity index (χ1n) is 5.95. The molecular formula is C14H15NO3S. The van der Waals surface area contributed by atoms with Crippen LogP contribution in [0.5, 0.6) is 5.75 Å². The zero-order chi connectivity index (χ0) is 13.7. The Morgan fingerprint density at radius 1 is 1.42 bits per heavy atom. The summed E-state index contributed by atoms with van der Waals surface area (Å²) in [5, 5.41) is 0.976. The smallest absolute Gasteiger partial charge is 0.358 e. The molecule has 2 rings (SSSR count). The second-order valence-corrected chi connectivity index (χ2v) is 4.69. The summed E-state index contributed by atoms with van der Waals surface area (Å²) in [6.07, 6.45) is 3.55. The fraction of sp³-hybridized carbons (Fsp3) is 0.286. The van der Waals surface area contributed by atoms with Crippen LogP contribution in [0.3, 0.4) is 0 Å². The van der Waals surface area contributed by atoms with Gasteiger partial charge < -0.3 is 9.47 Å². The quantitative estimate of drug-likeness (QED) is 0.621. The highest BCUT2D eigenvalue weighted by Crippen LogP contribution is 2.22. The van der Waals surface area contributed by atoms with Crippen molar-refractivity contribution in [1.82, 2.24) is 4.98 Å². The van der Waals surface area contributed by atoms with Crippen LogP contribution in [0, 0.1) is 0 Å². The minimum absolute atomic E-state index is 0.348. The summed E-state index contributed by atoms with van der Waals surface area (Å²) in [7, 11) is 0. The van der Waals surface area contributed by atoms with E-state index in [1.54, 1.807) is 19.2 Å². The van der Waals surface area contributed by atoms with Gasteiger partial charge in [0.1, 0.15) is 5.75 Å². The summed E-state index contributed by atoms with van der Waals surface area (Å²) >= 11 is 1.31. The van der Waals surface area contributed by atoms with E-state index in [9.17, 15) is 4.79 Å². The van der Waals surface area contributed by atoms with Gasteiger partial charge in [-0.15, -0.1) is 11.8 Å². The Hall–Kier alpha value is -1.75. The maximum atomic E-state index is 11.7. The van der Waals surface area contributed by atoms with Crippen molar-refractivity contribution in [2.75, 3.05) is 12.9 Å². The SMILES string of the molecule is CCOC(=O)C(Oc1ccc2ncccc2c1)SC. The molecule has 0 saturated heterocycles. The fourth-order valence-corrected chi connectivity index (χ4v) is 2.12. The van der Waals surface area contributed by atoms with Gasteiger partial charge in [0.15, 0.2) is 0 Å². The molecule has 0 amide bonds. The number of carbonyl (C=O) groups is 1. The van der Waals surface area contributed by atoms with Gasteiger partial charge in [-0.1, -0.05) is 6.07 Å². The Labute approximate surface area is 116 Å². The van der Waals surface area contributed by atoms with Gasteiger partial charge in [-0.3, -0.25) is 4.98 Å². The third-order valence-corrected chi connectivity index (χ3v) is 3.23. The van der Waals surface area contributed by atoms with E-state index in [2.05, 4.69) is 4.98 Å². The van der Waals surface area contributed by atoms with Crippen molar-refractivity contribution in [3.63, 3.8) is 0 Å². The lowest BCUT2D eigenvalue weighted by Crippen LogP contribution is -2.25. The first-order chi connectivity index (χ1) is 9.24. The number of benzene rings is 1. The Kier molecular flexibility index (Phi) is 4.63. The molecule has 1 aromatic heterocycles. The van der Waals surface area contributed by atoms with Crippen molar-refractivity contribution in [2.24, 2.45) is 0 Å². The molecule has 100 valence electrons. The number of carbonyl (C=O) groups excluding carboxylic acids is 1. The highest BCUT2D eigenvalue weighted by Gasteiger charge is 2.20. The average molecular weight is 277 g/mol. The molecule has 0 aliphatic heterocycles. The summed E-state index contributed by atoms with van der Waals surface area (Å²) in [5.74, 6) is 0.272. The second kappa shape index (κ2) is 6.43. The molecule has 1 aromatic carbocycles. The number of fused-ring (bicyclic) bond motifs is 1. The average Bonchev–Trinajstić information content (AvgIpc) is 2.44. The molecule has 19 heavy (non-hydrogen) atoms. The number of thioether (sulfide) groups is 1. The van der Waals surface area contributed by atoms with Crippen LogP contribution < -0.4 is 4.74 Å². The number of hydrogen-bond donors (Lipinski definition) is 0. The van der Waals surface area contributed by atoms with Crippen LogP contribution in [-0.2, 0) is 9.53 Å². The molecule has 0 spiro atoms. The summed E-state index contributed by atoms with van der Waals surface area (Å²) in [4.78, 5) is 15.9. The van der Waals surface area contributed by atoms with E-state index >= 15 is 0 Å². The highest BCUT2D eigenvalue weighted by molar-refractivity contribution is 7.99. The van der Waals surface area contributed by atoms with E-state index in [4.69, 9.17) is 9.47 Å². The number of nitrogens with zero attached hydrogens (tertiary/aromatic N) is 1. The molecule has 0 fully saturated rings. The lowest BCUT2D eigenvalue weighted by atomic mass is 10.2. The first kappa shape index (κ1) is 13.7. The third kappa shape index (κ3) is 3.38. The molecule has 0 aliphatic rings. The van der Waals surface area contributed by atoms with Gasteiger partial charge in [-0.2, -0.15) is 0 Å². The standard InChI is InChI=1S/C14H15NO3S/c1-3-17-13(16)14(19-2)18-11-6-7-12-10(9-11)5-4-8-15-12/h4-9,14H,3H2,1-2H3. The number of rotatable bonds is 5. The van der Waals surface area contributed by atoms with E-state index in [-0.39, 0.29) is 5.97 Å². The number of esters is 1. The van der Waals surface area contributed by atoms with Gasteiger partial charge in [0.25, 0.3) is 0 Å². The Morgan fingerprint density at radius 3 is 3.00 bits per heavy atom. The van der Waals surface area contributed by atoms with E-state index < -0.39 is 5.44 Å². The van der Waals surface area contributed by atoms with Gasteiger partial charge in [0, 0.05) is 11.6 Å². The van der Waals surface area contributed by atoms with Crippen LogP contribution in [0.15, 0.2) is 36.5 Å². The molecule has 2 aromatic rings. The highest BCUT2D eigenvalue weighted by atomic mass is 32.2. The van der Waals surface area contributed by atoms with Crippen molar-refractivity contribution in [3.8, 4) is 5.75 Å². The minimum Gasteiger partial charge on any atom is -0.468 e. The molecule has 1 unspecified atom stereocenters. The maximum Gasteiger partial charge on any atom is 0.358 e. The number of hydrogen-bond acceptors (Lipinski definition) is 5. The van der Waals surface area contributed by atoms with E-state index in [0.717, 1.165) is 10.9 Å². The molecule has 0 saturated carbocycles. The predicted octanol–water partition coefficient (Wildman–Crippen LogP) is 2.87. The van der Waals surface area contributed by atoms with Crippen molar-refractivity contribution in [3.05, 3.63) is 36.5 Å². The lowest BCUT2D eigenvalue weighted by Gasteiger charge is -2.15. The monoisotopic (exact) mass is 277 g/mol. The van der Waals surface area contributed by atoms with Crippen LogP contribution in [0.2, 0.25) is 0 Å². The van der Waals surface area contributed by atoms with Crippen LogP contribution in [0.1, 0.15) is 6.92 Å². The Balaban J connectivity index is 2.17. The minimum atomic E-state index is -0.644. The van der Waals surface area contributed by atoms with Gasteiger partial charge >= 0.3 is 5.97 Å². The largest absolute Gasteiger partial charge is 0.468 e. The van der Waals surface area contributed by atoms with Crippen molar-refractivity contribution in [1.29, 1.82) is 0 Å². The third-order valence-electron chi connectivity index (χ3n) is 2.51. The van der Waals surface area contributed by atoms with E-state index in [1.807, 2.05) is 30.5 Å². The Morgan fingerprint density at radius 2 is 2.26 bits per heavy atom. The van der Waals surface area contributed by atoms with Crippen LogP contribution in [-0.4, -0.2) is 29.3 Å². The van der Waals surface area contributed by atoms with E-state index in [0.29, 0.717) is 12.4 Å². The molecular weight excluding hydrogens is 262 g/mol. The molecule has 5 heteroatoms. The van der Waals surface area contributed by atoms with Crippen LogP contribution >= 0.6 is 11.8 Å². The lowest BCUT2D eigenvalue weighted by molar-refractivity contribution is -0.147. The van der Waals surface area contributed by atoms with Crippen molar-refractivity contribution < 1.29 is 14.3 Å². The normalized spacial score (nSPS) is 12.1. The zero-order valence-corrected chi connectivity index (χ0v) is 11.6. The molecule has 0 bridgehead atoms. The number of aromatic nitrogens is 1. The molecule has 1 heterocycles. The summed E-state index contributed by atoms with van der Waals surface area (Å²) < 4.78 is 10.6. The summed E-state index contributed by atoms with van der Waals surface area (Å²) in [5.41, 5.74) is 0.251. The summed E-state index contributed by atoms with van der Waals surface area (Å²) in [6.45, 7) is 2.12. The zero-order valence-electron chi connectivity index (χ0n) is 10.8. The molecule has 4 nitrogen and oxygen atoms in total. The van der Waals surface area contributed by atoms with Gasteiger partial charge in [-0.25, -0.2) is 4.79 Å². The molecule has 0 N–H and O–H groups in total. The van der Waals surface area contributed by atoms with Gasteiger partial charge in [0.05, 0.1) is 12.1 Å². The predicted molar refractivity (Wildman–Crippen MR) is 76.3 cm³/mol.